The first-order chi connectivity index (χ1) is 8.06. The van der Waals surface area contributed by atoms with Crippen LogP contribution in [0.25, 0.3) is 0 Å². The number of rotatable bonds is 6. The van der Waals surface area contributed by atoms with Gasteiger partial charge in [-0.2, -0.15) is 11.8 Å². The van der Waals surface area contributed by atoms with E-state index >= 15 is 0 Å². The van der Waals surface area contributed by atoms with Crippen molar-refractivity contribution in [2.45, 2.75) is 19.9 Å². The highest BCUT2D eigenvalue weighted by Gasteiger charge is 2.16. The molecule has 1 unspecified atom stereocenters. The highest BCUT2D eigenvalue weighted by Crippen LogP contribution is 2.23. The molecule has 0 saturated carbocycles. The first-order valence-corrected chi connectivity index (χ1v) is 6.90. The van der Waals surface area contributed by atoms with Gasteiger partial charge in [0.2, 0.25) is 0 Å². The number of hydrogen-bond donors (Lipinski definition) is 1. The molecule has 1 aromatic carbocycles. The summed E-state index contributed by atoms with van der Waals surface area (Å²) in [4.78, 5) is 0. The number of benzene rings is 1. The molecule has 0 aliphatic carbocycles. The minimum absolute atomic E-state index is 0.144. The molecule has 0 radical (unpaired) electrons. The van der Waals surface area contributed by atoms with Gasteiger partial charge in [0.25, 0.3) is 0 Å². The van der Waals surface area contributed by atoms with Gasteiger partial charge in [0.1, 0.15) is 0 Å². The standard InChI is InChI=1S/C13H19F2NS/c1-9(2)7-17-8-12(16-3)10-5-4-6-11(14)13(10)15/h4-6,9,12,16H,7-8H2,1-3H3. The third-order valence-corrected chi connectivity index (χ3v) is 3.91. The number of nitrogens with one attached hydrogen (secondary N) is 1. The van der Waals surface area contributed by atoms with E-state index in [-0.39, 0.29) is 6.04 Å². The average Bonchev–Trinajstić information content (AvgIpc) is 2.28. The van der Waals surface area contributed by atoms with Crippen LogP contribution in [0, 0.1) is 17.6 Å². The number of hydrogen-bond acceptors (Lipinski definition) is 2. The third kappa shape index (κ3) is 4.28. The van der Waals surface area contributed by atoms with Gasteiger partial charge in [-0.1, -0.05) is 26.0 Å². The van der Waals surface area contributed by atoms with Gasteiger partial charge < -0.3 is 5.32 Å². The molecular formula is C13H19F2NS. The molecule has 17 heavy (non-hydrogen) atoms. The van der Waals surface area contributed by atoms with Crippen molar-refractivity contribution in [3.8, 4) is 0 Å². The van der Waals surface area contributed by atoms with Crippen LogP contribution in [-0.2, 0) is 0 Å². The molecule has 0 aromatic heterocycles. The van der Waals surface area contributed by atoms with Gasteiger partial charge in [0.15, 0.2) is 11.6 Å². The second-order valence-electron chi connectivity index (χ2n) is 4.42. The minimum Gasteiger partial charge on any atom is -0.312 e. The highest BCUT2D eigenvalue weighted by atomic mass is 32.2. The maximum atomic E-state index is 13.6. The largest absolute Gasteiger partial charge is 0.312 e. The molecule has 0 aliphatic rings. The van der Waals surface area contributed by atoms with E-state index in [1.807, 2.05) is 0 Å². The van der Waals surface area contributed by atoms with E-state index in [1.165, 1.54) is 0 Å². The van der Waals surface area contributed by atoms with E-state index in [2.05, 4.69) is 19.2 Å². The Balaban J connectivity index is 2.69. The predicted octanol–water partition coefficient (Wildman–Crippen LogP) is 3.61. The molecule has 1 atom stereocenters. The van der Waals surface area contributed by atoms with Crippen molar-refractivity contribution < 1.29 is 8.78 Å². The maximum absolute atomic E-state index is 13.6. The molecule has 1 aromatic rings. The Labute approximate surface area is 106 Å². The van der Waals surface area contributed by atoms with Crippen LogP contribution in [-0.4, -0.2) is 18.6 Å². The number of halogens is 2. The molecular weight excluding hydrogens is 240 g/mol. The molecule has 0 spiro atoms. The van der Waals surface area contributed by atoms with E-state index in [4.69, 9.17) is 0 Å². The zero-order valence-corrected chi connectivity index (χ0v) is 11.3. The molecule has 1 nitrogen and oxygen atoms in total. The lowest BCUT2D eigenvalue weighted by atomic mass is 10.1. The molecule has 0 aliphatic heterocycles. The van der Waals surface area contributed by atoms with Crippen molar-refractivity contribution in [2.75, 3.05) is 18.6 Å². The fraction of sp³-hybridized carbons (Fsp3) is 0.538. The highest BCUT2D eigenvalue weighted by molar-refractivity contribution is 7.99. The summed E-state index contributed by atoms with van der Waals surface area (Å²) >= 11 is 1.75. The van der Waals surface area contributed by atoms with E-state index < -0.39 is 11.6 Å². The zero-order chi connectivity index (χ0) is 12.8. The van der Waals surface area contributed by atoms with Crippen molar-refractivity contribution in [3.63, 3.8) is 0 Å². The summed E-state index contributed by atoms with van der Waals surface area (Å²) < 4.78 is 26.7. The summed E-state index contributed by atoms with van der Waals surface area (Å²) in [6.45, 7) is 4.29. The van der Waals surface area contributed by atoms with Gasteiger partial charge in [0, 0.05) is 17.4 Å². The molecule has 96 valence electrons. The second-order valence-corrected chi connectivity index (χ2v) is 5.49. The summed E-state index contributed by atoms with van der Waals surface area (Å²) in [6, 6.07) is 4.18. The van der Waals surface area contributed by atoms with Crippen molar-refractivity contribution in [1.29, 1.82) is 0 Å². The summed E-state index contributed by atoms with van der Waals surface area (Å²) in [5.41, 5.74) is 0.406. The van der Waals surface area contributed by atoms with Crippen LogP contribution in [0.15, 0.2) is 18.2 Å². The molecule has 0 fully saturated rings. The van der Waals surface area contributed by atoms with E-state index in [0.717, 1.165) is 17.6 Å². The summed E-state index contributed by atoms with van der Waals surface area (Å²) in [5.74, 6) is 0.855. The Morgan fingerprint density at radius 2 is 1.94 bits per heavy atom. The van der Waals surface area contributed by atoms with Gasteiger partial charge >= 0.3 is 0 Å². The SMILES string of the molecule is CNC(CSCC(C)C)c1cccc(F)c1F. The fourth-order valence-corrected chi connectivity index (χ4v) is 2.73. The van der Waals surface area contributed by atoms with Gasteiger partial charge in [0.05, 0.1) is 0 Å². The Morgan fingerprint density at radius 3 is 2.53 bits per heavy atom. The van der Waals surface area contributed by atoms with E-state index in [0.29, 0.717) is 11.5 Å². The first-order valence-electron chi connectivity index (χ1n) is 5.75. The Kier molecular flexibility index (Phi) is 5.92. The molecule has 1 rings (SSSR count). The average molecular weight is 259 g/mol. The maximum Gasteiger partial charge on any atom is 0.163 e. The number of thioether (sulfide) groups is 1. The van der Waals surface area contributed by atoms with Gasteiger partial charge in [-0.3, -0.25) is 0 Å². The summed E-state index contributed by atoms with van der Waals surface area (Å²) in [5, 5.41) is 3.03. The van der Waals surface area contributed by atoms with Crippen molar-refractivity contribution in [2.24, 2.45) is 5.92 Å². The van der Waals surface area contributed by atoms with Crippen molar-refractivity contribution in [3.05, 3.63) is 35.4 Å². The van der Waals surface area contributed by atoms with Gasteiger partial charge in [-0.05, 0) is 24.8 Å². The lowest BCUT2D eigenvalue weighted by molar-refractivity contribution is 0.483. The van der Waals surface area contributed by atoms with E-state index in [1.54, 1.807) is 30.9 Å². The van der Waals surface area contributed by atoms with Crippen LogP contribution in [0.2, 0.25) is 0 Å². The zero-order valence-electron chi connectivity index (χ0n) is 10.5. The van der Waals surface area contributed by atoms with Crippen molar-refractivity contribution in [1.82, 2.24) is 5.32 Å². The van der Waals surface area contributed by atoms with Crippen molar-refractivity contribution >= 4 is 11.8 Å². The van der Waals surface area contributed by atoms with Crippen LogP contribution < -0.4 is 5.32 Å². The van der Waals surface area contributed by atoms with Crippen LogP contribution >= 0.6 is 11.8 Å². The van der Waals surface area contributed by atoms with Crippen LogP contribution in [0.1, 0.15) is 25.5 Å². The third-order valence-electron chi connectivity index (χ3n) is 2.44. The monoisotopic (exact) mass is 259 g/mol. The van der Waals surface area contributed by atoms with Crippen LogP contribution in [0.3, 0.4) is 0 Å². The van der Waals surface area contributed by atoms with E-state index in [9.17, 15) is 8.78 Å². The van der Waals surface area contributed by atoms with Crippen LogP contribution in [0.5, 0.6) is 0 Å². The normalized spacial score (nSPS) is 13.1. The molecule has 4 heteroatoms. The minimum atomic E-state index is -0.781. The lowest BCUT2D eigenvalue weighted by Crippen LogP contribution is -2.21. The Morgan fingerprint density at radius 1 is 1.24 bits per heavy atom. The first kappa shape index (κ1) is 14.5. The quantitative estimate of drug-likeness (QED) is 0.837. The smallest absolute Gasteiger partial charge is 0.163 e. The second kappa shape index (κ2) is 6.97. The summed E-state index contributed by atoms with van der Waals surface area (Å²) in [6.07, 6.45) is 0. The molecule has 0 heterocycles. The fourth-order valence-electron chi connectivity index (χ4n) is 1.54. The predicted molar refractivity (Wildman–Crippen MR) is 70.3 cm³/mol. The van der Waals surface area contributed by atoms with Gasteiger partial charge in [-0.25, -0.2) is 8.78 Å². The van der Waals surface area contributed by atoms with Gasteiger partial charge in [-0.15, -0.1) is 0 Å². The summed E-state index contributed by atoms with van der Waals surface area (Å²) in [7, 11) is 1.77. The van der Waals surface area contributed by atoms with Crippen LogP contribution in [0.4, 0.5) is 8.78 Å². The molecule has 0 saturated heterocycles. The molecule has 0 amide bonds. The molecule has 0 bridgehead atoms. The Hall–Kier alpha value is -0.610. The molecule has 1 N–H and O–H groups in total. The Bertz CT molecular complexity index is 355. The lowest BCUT2D eigenvalue weighted by Gasteiger charge is -2.17. The topological polar surface area (TPSA) is 12.0 Å².